The van der Waals surface area contributed by atoms with Gasteiger partial charge in [0.15, 0.2) is 23.1 Å². The summed E-state index contributed by atoms with van der Waals surface area (Å²) in [6.07, 6.45) is 0.461. The molecule has 0 amide bonds. The number of benzene rings is 2. The molecule has 19 heavy (non-hydrogen) atoms. The van der Waals surface area contributed by atoms with Crippen molar-refractivity contribution in [2.45, 2.75) is 6.42 Å². The first-order chi connectivity index (χ1) is 9.11. The van der Waals surface area contributed by atoms with Crippen LogP contribution in [0.4, 0.5) is 8.78 Å². The third kappa shape index (κ3) is 3.30. The highest BCUT2D eigenvalue weighted by Crippen LogP contribution is 2.31. The minimum Gasteiger partial charge on any atom is -0.451 e. The van der Waals surface area contributed by atoms with E-state index in [0.29, 0.717) is 23.0 Å². The van der Waals surface area contributed by atoms with E-state index in [0.717, 1.165) is 0 Å². The molecule has 2 N–H and O–H groups in total. The first kappa shape index (κ1) is 14.0. The van der Waals surface area contributed by atoms with Gasteiger partial charge < -0.3 is 10.5 Å². The van der Waals surface area contributed by atoms with Crippen LogP contribution in [0.15, 0.2) is 40.9 Å². The van der Waals surface area contributed by atoms with E-state index in [4.69, 9.17) is 10.5 Å². The number of hydrogen-bond acceptors (Lipinski definition) is 2. The number of rotatable bonds is 4. The van der Waals surface area contributed by atoms with Gasteiger partial charge in [-0.15, -0.1) is 0 Å². The van der Waals surface area contributed by atoms with Crippen molar-refractivity contribution < 1.29 is 13.5 Å². The van der Waals surface area contributed by atoms with Crippen molar-refractivity contribution in [3.05, 3.63) is 58.1 Å². The molecule has 100 valence electrons. The summed E-state index contributed by atoms with van der Waals surface area (Å²) in [7, 11) is 0. The van der Waals surface area contributed by atoms with Crippen molar-refractivity contribution in [1.82, 2.24) is 0 Å². The molecule has 5 heteroatoms. The fraction of sp³-hybridized carbons (Fsp3) is 0.143. The third-order valence-electron chi connectivity index (χ3n) is 2.57. The molecular weight excluding hydrogens is 316 g/mol. The van der Waals surface area contributed by atoms with Crippen LogP contribution in [0.5, 0.6) is 11.5 Å². The van der Waals surface area contributed by atoms with E-state index in [-0.39, 0.29) is 11.5 Å². The summed E-state index contributed by atoms with van der Waals surface area (Å²) in [4.78, 5) is 0. The van der Waals surface area contributed by atoms with Crippen LogP contribution < -0.4 is 10.5 Å². The second kappa shape index (κ2) is 6.12. The van der Waals surface area contributed by atoms with E-state index < -0.39 is 11.6 Å². The molecule has 0 aliphatic rings. The van der Waals surface area contributed by atoms with E-state index >= 15 is 0 Å². The van der Waals surface area contributed by atoms with Gasteiger partial charge >= 0.3 is 0 Å². The van der Waals surface area contributed by atoms with Crippen molar-refractivity contribution in [1.29, 1.82) is 0 Å². The van der Waals surface area contributed by atoms with Crippen molar-refractivity contribution in [3.8, 4) is 11.5 Å². The lowest BCUT2D eigenvalue weighted by molar-refractivity contribution is 0.409. The summed E-state index contributed by atoms with van der Waals surface area (Å²) in [5.74, 6) is -1.10. The summed E-state index contributed by atoms with van der Waals surface area (Å²) in [5.41, 5.74) is 6.08. The maximum atomic E-state index is 13.8. The molecule has 0 radical (unpaired) electrons. The predicted molar refractivity (Wildman–Crippen MR) is 73.3 cm³/mol. The van der Waals surface area contributed by atoms with Crippen LogP contribution in [0.1, 0.15) is 5.56 Å². The second-order valence-electron chi connectivity index (χ2n) is 3.94. The van der Waals surface area contributed by atoms with Gasteiger partial charge in [0.05, 0.1) is 0 Å². The lowest BCUT2D eigenvalue weighted by Gasteiger charge is -2.12. The molecule has 0 fully saturated rings. The Labute approximate surface area is 118 Å². The Morgan fingerprint density at radius 2 is 1.89 bits per heavy atom. The Morgan fingerprint density at radius 1 is 1.11 bits per heavy atom. The zero-order chi connectivity index (χ0) is 13.8. The number of nitrogens with two attached hydrogens (primary N) is 1. The van der Waals surface area contributed by atoms with Gasteiger partial charge in [0.2, 0.25) is 0 Å². The normalized spacial score (nSPS) is 10.5. The molecule has 0 heterocycles. The quantitative estimate of drug-likeness (QED) is 0.920. The van der Waals surface area contributed by atoms with Crippen molar-refractivity contribution >= 4 is 15.9 Å². The first-order valence-electron chi connectivity index (χ1n) is 5.72. The van der Waals surface area contributed by atoms with Crippen LogP contribution in [0, 0.1) is 11.6 Å². The minimum atomic E-state index is -0.551. The molecule has 0 aliphatic heterocycles. The average molecular weight is 328 g/mol. The maximum absolute atomic E-state index is 13.8. The van der Waals surface area contributed by atoms with E-state index in [1.807, 2.05) is 0 Å². The van der Waals surface area contributed by atoms with Crippen LogP contribution >= 0.6 is 15.9 Å². The van der Waals surface area contributed by atoms with Gasteiger partial charge in [0, 0.05) is 4.47 Å². The van der Waals surface area contributed by atoms with E-state index in [1.54, 1.807) is 18.2 Å². The summed E-state index contributed by atoms with van der Waals surface area (Å²) < 4.78 is 33.4. The van der Waals surface area contributed by atoms with Gasteiger partial charge in [-0.25, -0.2) is 8.78 Å². The SMILES string of the molecule is NCCc1cccc(F)c1Oc1cc(Br)ccc1F. The third-order valence-corrected chi connectivity index (χ3v) is 3.06. The molecular formula is C14H12BrF2NO. The Bertz CT molecular complexity index is 590. The van der Waals surface area contributed by atoms with Gasteiger partial charge in [0.1, 0.15) is 0 Å². The van der Waals surface area contributed by atoms with Crippen molar-refractivity contribution in [2.24, 2.45) is 5.73 Å². The van der Waals surface area contributed by atoms with E-state index in [2.05, 4.69) is 15.9 Å². The Morgan fingerprint density at radius 3 is 2.63 bits per heavy atom. The van der Waals surface area contributed by atoms with Gasteiger partial charge in [0.25, 0.3) is 0 Å². The maximum Gasteiger partial charge on any atom is 0.166 e. The molecule has 0 saturated heterocycles. The molecule has 2 aromatic rings. The molecule has 0 aromatic heterocycles. The van der Waals surface area contributed by atoms with Crippen LogP contribution in [0.25, 0.3) is 0 Å². The van der Waals surface area contributed by atoms with Gasteiger partial charge in [-0.3, -0.25) is 0 Å². The molecule has 0 unspecified atom stereocenters. The fourth-order valence-electron chi connectivity index (χ4n) is 1.69. The monoisotopic (exact) mass is 327 g/mol. The van der Waals surface area contributed by atoms with E-state index in [1.165, 1.54) is 18.2 Å². The summed E-state index contributed by atoms with van der Waals surface area (Å²) >= 11 is 3.22. The Balaban J connectivity index is 2.39. The number of hydrogen-bond donors (Lipinski definition) is 1. The molecule has 0 atom stereocenters. The molecule has 0 saturated carbocycles. The minimum absolute atomic E-state index is 0.0185. The van der Waals surface area contributed by atoms with Crippen LogP contribution in [0.3, 0.4) is 0 Å². The van der Waals surface area contributed by atoms with Crippen LogP contribution in [0.2, 0.25) is 0 Å². The number of ether oxygens (including phenoxy) is 1. The van der Waals surface area contributed by atoms with Crippen molar-refractivity contribution in [3.63, 3.8) is 0 Å². The molecule has 0 bridgehead atoms. The topological polar surface area (TPSA) is 35.2 Å². The zero-order valence-electron chi connectivity index (χ0n) is 10.00. The lowest BCUT2D eigenvalue weighted by Crippen LogP contribution is -2.05. The smallest absolute Gasteiger partial charge is 0.166 e. The number of para-hydroxylation sites is 1. The zero-order valence-corrected chi connectivity index (χ0v) is 11.6. The van der Waals surface area contributed by atoms with Gasteiger partial charge in [-0.05, 0) is 42.8 Å². The number of halogens is 3. The first-order valence-corrected chi connectivity index (χ1v) is 6.51. The van der Waals surface area contributed by atoms with E-state index in [9.17, 15) is 8.78 Å². The molecule has 0 spiro atoms. The average Bonchev–Trinajstić information content (AvgIpc) is 2.38. The van der Waals surface area contributed by atoms with Gasteiger partial charge in [-0.2, -0.15) is 0 Å². The van der Waals surface area contributed by atoms with Crippen LogP contribution in [-0.2, 0) is 6.42 Å². The predicted octanol–water partition coefficient (Wildman–Crippen LogP) is 4.02. The summed E-state index contributed by atoms with van der Waals surface area (Å²) in [6, 6.07) is 8.80. The Kier molecular flexibility index (Phi) is 4.50. The summed E-state index contributed by atoms with van der Waals surface area (Å²) in [5, 5.41) is 0. The molecule has 0 aliphatic carbocycles. The summed E-state index contributed by atoms with van der Waals surface area (Å²) in [6.45, 7) is 0.362. The second-order valence-corrected chi connectivity index (χ2v) is 4.86. The highest BCUT2D eigenvalue weighted by molar-refractivity contribution is 9.10. The fourth-order valence-corrected chi connectivity index (χ4v) is 2.03. The standard InChI is InChI=1S/C14H12BrF2NO/c15-10-4-5-11(16)13(8-10)19-14-9(6-7-18)2-1-3-12(14)17/h1-5,8H,6-7,18H2. The largest absolute Gasteiger partial charge is 0.451 e. The Hall–Kier alpha value is -1.46. The highest BCUT2D eigenvalue weighted by atomic mass is 79.9. The highest BCUT2D eigenvalue weighted by Gasteiger charge is 2.13. The lowest BCUT2D eigenvalue weighted by atomic mass is 10.1. The molecule has 2 nitrogen and oxygen atoms in total. The van der Waals surface area contributed by atoms with Crippen LogP contribution in [-0.4, -0.2) is 6.54 Å². The molecule has 2 aromatic carbocycles. The van der Waals surface area contributed by atoms with Crippen molar-refractivity contribution in [2.75, 3.05) is 6.54 Å². The van der Waals surface area contributed by atoms with Gasteiger partial charge in [-0.1, -0.05) is 28.1 Å². The molecule has 2 rings (SSSR count).